The molecule has 0 saturated carbocycles. The van der Waals surface area contributed by atoms with Gasteiger partial charge in [0.1, 0.15) is 11.6 Å². The van der Waals surface area contributed by atoms with Crippen molar-refractivity contribution in [1.29, 1.82) is 0 Å². The van der Waals surface area contributed by atoms with E-state index < -0.39 is 11.7 Å². The molecule has 3 rings (SSSR count). The van der Waals surface area contributed by atoms with Crippen LogP contribution in [-0.4, -0.2) is 61.5 Å². The van der Waals surface area contributed by atoms with Crippen molar-refractivity contribution in [3.8, 4) is 5.75 Å². The Labute approximate surface area is 184 Å². The summed E-state index contributed by atoms with van der Waals surface area (Å²) in [5.74, 6) is 0.911. The first-order chi connectivity index (χ1) is 15.3. The number of pyridine rings is 1. The lowest BCUT2D eigenvalue weighted by Gasteiger charge is -2.35. The maximum Gasteiger partial charge on any atom is 0.417 e. The Morgan fingerprint density at radius 3 is 2.31 bits per heavy atom. The minimum absolute atomic E-state index is 0.0104. The molecule has 32 heavy (non-hydrogen) atoms. The Balaban J connectivity index is 1.37. The number of anilines is 1. The van der Waals surface area contributed by atoms with Crippen molar-refractivity contribution >= 4 is 17.6 Å². The maximum atomic E-state index is 12.7. The zero-order valence-electron chi connectivity index (χ0n) is 17.7. The first kappa shape index (κ1) is 23.4. The van der Waals surface area contributed by atoms with Crippen LogP contribution in [0.3, 0.4) is 0 Å². The van der Waals surface area contributed by atoms with E-state index in [1.807, 2.05) is 4.90 Å². The highest BCUT2D eigenvalue weighted by Crippen LogP contribution is 2.29. The van der Waals surface area contributed by atoms with Gasteiger partial charge in [-0.05, 0) is 42.8 Å². The second-order valence-corrected chi connectivity index (χ2v) is 7.36. The summed E-state index contributed by atoms with van der Waals surface area (Å²) in [6.45, 7) is 2.32. The van der Waals surface area contributed by atoms with Crippen LogP contribution in [0.15, 0.2) is 42.6 Å². The summed E-state index contributed by atoms with van der Waals surface area (Å²) >= 11 is 0. The van der Waals surface area contributed by atoms with Crippen LogP contribution in [0.25, 0.3) is 0 Å². The smallest absolute Gasteiger partial charge is 0.417 e. The average molecular weight is 450 g/mol. The van der Waals surface area contributed by atoms with Gasteiger partial charge in [-0.3, -0.25) is 9.59 Å². The number of hydrogen-bond acceptors (Lipinski definition) is 5. The Bertz CT molecular complexity index is 910. The summed E-state index contributed by atoms with van der Waals surface area (Å²) in [5.41, 5.74) is -0.265. The van der Waals surface area contributed by atoms with Crippen molar-refractivity contribution in [3.05, 3.63) is 53.7 Å². The van der Waals surface area contributed by atoms with Crippen LogP contribution in [0.1, 0.15) is 28.8 Å². The number of nitrogens with one attached hydrogen (secondary N) is 1. The fourth-order valence-corrected chi connectivity index (χ4v) is 3.37. The Hall–Kier alpha value is -3.30. The highest BCUT2D eigenvalue weighted by Gasteiger charge is 2.31. The predicted molar refractivity (Wildman–Crippen MR) is 113 cm³/mol. The molecule has 1 aliphatic heterocycles. The van der Waals surface area contributed by atoms with E-state index in [9.17, 15) is 22.8 Å². The molecule has 10 heteroatoms. The number of amides is 2. The molecule has 0 unspecified atom stereocenters. The molecular formula is C22H25F3N4O3. The first-order valence-corrected chi connectivity index (χ1v) is 10.3. The van der Waals surface area contributed by atoms with Crippen LogP contribution in [0, 0.1) is 0 Å². The van der Waals surface area contributed by atoms with E-state index in [1.54, 1.807) is 36.3 Å². The third kappa shape index (κ3) is 6.12. The van der Waals surface area contributed by atoms with Crippen LogP contribution in [0.4, 0.5) is 19.0 Å². The second-order valence-electron chi connectivity index (χ2n) is 7.36. The van der Waals surface area contributed by atoms with Crippen LogP contribution < -0.4 is 15.0 Å². The zero-order chi connectivity index (χ0) is 23.1. The number of ether oxygens (including phenoxy) is 1. The topological polar surface area (TPSA) is 74.8 Å². The number of methoxy groups -OCH3 is 1. The van der Waals surface area contributed by atoms with Crippen molar-refractivity contribution in [2.24, 2.45) is 0 Å². The number of hydrogen-bond donors (Lipinski definition) is 1. The molecule has 0 bridgehead atoms. The molecule has 1 fully saturated rings. The molecule has 0 spiro atoms. The van der Waals surface area contributed by atoms with Crippen LogP contribution in [0.5, 0.6) is 5.75 Å². The van der Waals surface area contributed by atoms with Gasteiger partial charge in [0, 0.05) is 50.9 Å². The summed E-state index contributed by atoms with van der Waals surface area (Å²) in [4.78, 5) is 32.0. The molecule has 0 radical (unpaired) electrons. The van der Waals surface area contributed by atoms with E-state index in [0.717, 1.165) is 12.3 Å². The Kier molecular flexibility index (Phi) is 7.55. The number of piperazine rings is 1. The number of carbonyl (C=O) groups excluding carboxylic acids is 2. The standard InChI is InChI=1S/C22H25F3N4O3/c1-32-18-7-4-16(5-8-18)21(31)26-10-2-3-20(30)29-13-11-28(12-14-29)19-9-6-17(15-27-19)22(23,24)25/h4-9,15H,2-3,10-14H2,1H3,(H,26,31). The van der Waals surface area contributed by atoms with E-state index in [2.05, 4.69) is 10.3 Å². The lowest BCUT2D eigenvalue weighted by atomic mass is 10.2. The largest absolute Gasteiger partial charge is 0.497 e. The predicted octanol–water partition coefficient (Wildman–Crippen LogP) is 2.97. The lowest BCUT2D eigenvalue weighted by Crippen LogP contribution is -2.49. The highest BCUT2D eigenvalue weighted by molar-refractivity contribution is 5.94. The summed E-state index contributed by atoms with van der Waals surface area (Å²) in [5, 5.41) is 2.79. The quantitative estimate of drug-likeness (QED) is 0.657. The third-order valence-corrected chi connectivity index (χ3v) is 5.24. The number of halogens is 3. The number of rotatable bonds is 7. The number of nitrogens with zero attached hydrogens (tertiary/aromatic N) is 3. The minimum atomic E-state index is -4.41. The summed E-state index contributed by atoms with van der Waals surface area (Å²) in [6.07, 6.45) is -2.76. The summed E-state index contributed by atoms with van der Waals surface area (Å²) < 4.78 is 43.0. The molecule has 2 aromatic rings. The summed E-state index contributed by atoms with van der Waals surface area (Å²) in [7, 11) is 1.55. The molecule has 0 atom stereocenters. The molecule has 7 nitrogen and oxygen atoms in total. The fraction of sp³-hybridized carbons (Fsp3) is 0.409. The molecule has 1 saturated heterocycles. The Morgan fingerprint density at radius 1 is 1.06 bits per heavy atom. The molecule has 1 aliphatic rings. The van der Waals surface area contributed by atoms with Gasteiger partial charge in [0.25, 0.3) is 5.91 Å². The van der Waals surface area contributed by atoms with Crippen LogP contribution >= 0.6 is 0 Å². The van der Waals surface area contributed by atoms with E-state index >= 15 is 0 Å². The van der Waals surface area contributed by atoms with Gasteiger partial charge in [-0.15, -0.1) is 0 Å². The molecule has 2 heterocycles. The number of aromatic nitrogens is 1. The van der Waals surface area contributed by atoms with Gasteiger partial charge in [0.05, 0.1) is 12.7 Å². The van der Waals surface area contributed by atoms with Gasteiger partial charge < -0.3 is 19.9 Å². The molecule has 2 amide bonds. The Morgan fingerprint density at radius 2 is 1.75 bits per heavy atom. The average Bonchev–Trinajstić information content (AvgIpc) is 2.81. The highest BCUT2D eigenvalue weighted by atomic mass is 19.4. The van der Waals surface area contributed by atoms with Crippen molar-refractivity contribution < 1.29 is 27.5 Å². The minimum Gasteiger partial charge on any atom is -0.497 e. The van der Waals surface area contributed by atoms with E-state index in [1.165, 1.54) is 6.07 Å². The maximum absolute atomic E-state index is 12.7. The van der Waals surface area contributed by atoms with Crippen molar-refractivity contribution in [3.63, 3.8) is 0 Å². The van der Waals surface area contributed by atoms with E-state index in [4.69, 9.17) is 4.74 Å². The first-order valence-electron chi connectivity index (χ1n) is 10.3. The number of carbonyl (C=O) groups is 2. The number of benzene rings is 1. The van der Waals surface area contributed by atoms with Crippen LogP contribution in [-0.2, 0) is 11.0 Å². The molecular weight excluding hydrogens is 425 g/mol. The fourth-order valence-electron chi connectivity index (χ4n) is 3.37. The van der Waals surface area contributed by atoms with Gasteiger partial charge in [0.2, 0.25) is 5.91 Å². The monoisotopic (exact) mass is 450 g/mol. The zero-order valence-corrected chi connectivity index (χ0v) is 17.7. The molecule has 1 aromatic heterocycles. The van der Waals surface area contributed by atoms with Gasteiger partial charge in [-0.2, -0.15) is 13.2 Å². The summed E-state index contributed by atoms with van der Waals surface area (Å²) in [6, 6.07) is 9.12. The second kappa shape index (κ2) is 10.3. The number of alkyl halides is 3. The molecule has 1 N–H and O–H groups in total. The molecule has 1 aromatic carbocycles. The van der Waals surface area contributed by atoms with E-state index in [0.29, 0.717) is 62.7 Å². The van der Waals surface area contributed by atoms with Gasteiger partial charge >= 0.3 is 6.18 Å². The lowest BCUT2D eigenvalue weighted by molar-refractivity contribution is -0.137. The normalized spacial score (nSPS) is 14.2. The van der Waals surface area contributed by atoms with Gasteiger partial charge in [-0.1, -0.05) is 0 Å². The SMILES string of the molecule is COc1ccc(C(=O)NCCCC(=O)N2CCN(c3ccc(C(F)(F)F)cn3)CC2)cc1. The van der Waals surface area contributed by atoms with Gasteiger partial charge in [0.15, 0.2) is 0 Å². The van der Waals surface area contributed by atoms with Crippen LogP contribution in [0.2, 0.25) is 0 Å². The van der Waals surface area contributed by atoms with Gasteiger partial charge in [-0.25, -0.2) is 4.98 Å². The van der Waals surface area contributed by atoms with Crippen molar-refractivity contribution in [2.75, 3.05) is 44.7 Å². The van der Waals surface area contributed by atoms with Crippen molar-refractivity contribution in [2.45, 2.75) is 19.0 Å². The molecule has 172 valence electrons. The van der Waals surface area contributed by atoms with Crippen molar-refractivity contribution in [1.82, 2.24) is 15.2 Å². The third-order valence-electron chi connectivity index (χ3n) is 5.24. The van der Waals surface area contributed by atoms with E-state index in [-0.39, 0.29) is 11.8 Å². The molecule has 0 aliphatic carbocycles.